The number of hydrogen-bond acceptors (Lipinski definition) is 0. The van der Waals surface area contributed by atoms with Gasteiger partial charge in [-0.1, -0.05) is 101 Å². The van der Waals surface area contributed by atoms with Crippen LogP contribution in [0.15, 0.2) is 42.5 Å². The number of benzene rings is 2. The van der Waals surface area contributed by atoms with Crippen molar-refractivity contribution >= 4 is 10.8 Å². The van der Waals surface area contributed by atoms with Gasteiger partial charge in [-0.3, -0.25) is 0 Å². The van der Waals surface area contributed by atoms with Crippen LogP contribution in [-0.2, 0) is 6.42 Å². The quantitative estimate of drug-likeness (QED) is 0.335. The minimum absolute atomic E-state index is 0.0415. The summed E-state index contributed by atoms with van der Waals surface area (Å²) in [6.45, 7) is 4.39. The van der Waals surface area contributed by atoms with Crippen molar-refractivity contribution in [1.82, 2.24) is 0 Å². The van der Waals surface area contributed by atoms with Crippen molar-refractivity contribution in [1.29, 1.82) is 0 Å². The Morgan fingerprint density at radius 2 is 1.45 bits per heavy atom. The molecule has 33 heavy (non-hydrogen) atoms. The monoisotopic (exact) mass is 448 g/mol. The minimum Gasteiger partial charge on any atom is -0.206 e. The Labute approximate surface area is 202 Å². The molecule has 2 aromatic carbocycles. The molecule has 2 aliphatic rings. The third-order valence-corrected chi connectivity index (χ3v) is 8.82. The summed E-state index contributed by atoms with van der Waals surface area (Å²) < 4.78 is 15.5. The SMILES string of the molecule is C/C=C/CCc1ccc2c(F)c(C3CCC(CCC4CCC(CCC)CC4)CC3)ccc2c1. The zero-order valence-electron chi connectivity index (χ0n) is 21.1. The van der Waals surface area contributed by atoms with Gasteiger partial charge in [0.1, 0.15) is 5.82 Å². The van der Waals surface area contributed by atoms with Crippen LogP contribution in [-0.4, -0.2) is 0 Å². The average Bonchev–Trinajstić information content (AvgIpc) is 2.85. The van der Waals surface area contributed by atoms with Crippen LogP contribution in [0.2, 0.25) is 0 Å². The Morgan fingerprint density at radius 3 is 2.09 bits per heavy atom. The molecular formula is C32H45F. The molecule has 180 valence electrons. The van der Waals surface area contributed by atoms with Crippen molar-refractivity contribution in [2.75, 3.05) is 0 Å². The Bertz CT molecular complexity index is 894. The van der Waals surface area contributed by atoms with Crippen LogP contribution in [0.4, 0.5) is 4.39 Å². The van der Waals surface area contributed by atoms with Gasteiger partial charge in [0, 0.05) is 5.39 Å². The molecule has 0 aromatic heterocycles. The highest BCUT2D eigenvalue weighted by atomic mass is 19.1. The van der Waals surface area contributed by atoms with E-state index in [-0.39, 0.29) is 5.82 Å². The van der Waals surface area contributed by atoms with Gasteiger partial charge in [0.25, 0.3) is 0 Å². The van der Waals surface area contributed by atoms with E-state index in [1.54, 1.807) is 0 Å². The average molecular weight is 449 g/mol. The van der Waals surface area contributed by atoms with Gasteiger partial charge >= 0.3 is 0 Å². The van der Waals surface area contributed by atoms with Crippen LogP contribution in [0, 0.1) is 23.6 Å². The molecule has 2 saturated carbocycles. The van der Waals surface area contributed by atoms with Gasteiger partial charge in [0.05, 0.1) is 0 Å². The number of allylic oxidation sites excluding steroid dienone is 2. The maximum atomic E-state index is 15.5. The Hall–Kier alpha value is -1.63. The molecule has 0 saturated heterocycles. The topological polar surface area (TPSA) is 0 Å². The first-order chi connectivity index (χ1) is 16.2. The third-order valence-electron chi connectivity index (χ3n) is 8.82. The van der Waals surface area contributed by atoms with Crippen LogP contribution in [0.1, 0.15) is 114 Å². The summed E-state index contributed by atoms with van der Waals surface area (Å²) in [5.74, 6) is 3.32. The van der Waals surface area contributed by atoms with E-state index in [2.05, 4.69) is 50.3 Å². The summed E-state index contributed by atoms with van der Waals surface area (Å²) in [5.41, 5.74) is 2.27. The smallest absolute Gasteiger partial charge is 0.134 e. The van der Waals surface area contributed by atoms with E-state index in [0.717, 1.165) is 59.8 Å². The fraction of sp³-hybridized carbons (Fsp3) is 0.625. The fourth-order valence-corrected chi connectivity index (χ4v) is 6.70. The van der Waals surface area contributed by atoms with Gasteiger partial charge in [0.15, 0.2) is 0 Å². The van der Waals surface area contributed by atoms with Crippen LogP contribution in [0.25, 0.3) is 10.8 Å². The zero-order chi connectivity index (χ0) is 23.0. The van der Waals surface area contributed by atoms with Crippen molar-refractivity contribution in [2.45, 2.75) is 110 Å². The van der Waals surface area contributed by atoms with E-state index >= 15 is 4.39 Å². The van der Waals surface area contributed by atoms with Gasteiger partial charge in [-0.25, -0.2) is 4.39 Å². The lowest BCUT2D eigenvalue weighted by Gasteiger charge is -2.32. The maximum Gasteiger partial charge on any atom is 0.134 e. The van der Waals surface area contributed by atoms with E-state index in [0.29, 0.717) is 5.92 Å². The standard InChI is InChI=1S/C32H45F/c1-3-5-6-8-27-17-21-31-29(23-27)20-22-30(32(31)33)28-18-15-26(16-19-28)14-13-25-11-9-24(7-4-2)10-12-25/h3,5,17,20-26,28H,4,6-16,18-19H2,1-2H3/b5-3+. The van der Waals surface area contributed by atoms with Gasteiger partial charge in [0.2, 0.25) is 0 Å². The summed E-state index contributed by atoms with van der Waals surface area (Å²) in [7, 11) is 0. The second-order valence-corrected chi connectivity index (χ2v) is 11.1. The molecule has 2 fully saturated rings. The molecule has 2 aromatic rings. The molecule has 0 N–H and O–H groups in total. The molecular weight excluding hydrogens is 403 g/mol. The van der Waals surface area contributed by atoms with E-state index in [9.17, 15) is 0 Å². The maximum absolute atomic E-state index is 15.5. The van der Waals surface area contributed by atoms with Crippen molar-refractivity contribution in [3.8, 4) is 0 Å². The summed E-state index contributed by atoms with van der Waals surface area (Å²) in [4.78, 5) is 0. The van der Waals surface area contributed by atoms with E-state index in [1.807, 2.05) is 6.07 Å². The zero-order valence-corrected chi connectivity index (χ0v) is 21.1. The normalized spacial score (nSPS) is 26.3. The van der Waals surface area contributed by atoms with Crippen LogP contribution in [0.3, 0.4) is 0 Å². The van der Waals surface area contributed by atoms with Crippen molar-refractivity contribution < 1.29 is 4.39 Å². The first-order valence-corrected chi connectivity index (χ1v) is 14.0. The number of hydrogen-bond donors (Lipinski definition) is 0. The van der Waals surface area contributed by atoms with E-state index in [4.69, 9.17) is 0 Å². The summed E-state index contributed by atoms with van der Waals surface area (Å²) >= 11 is 0. The highest BCUT2D eigenvalue weighted by Crippen LogP contribution is 2.41. The molecule has 4 rings (SSSR count). The predicted molar refractivity (Wildman–Crippen MR) is 141 cm³/mol. The van der Waals surface area contributed by atoms with Crippen molar-refractivity contribution in [3.63, 3.8) is 0 Å². The molecule has 2 aliphatic carbocycles. The van der Waals surface area contributed by atoms with Crippen LogP contribution in [0.5, 0.6) is 0 Å². The summed E-state index contributed by atoms with van der Waals surface area (Å²) in [6.07, 6.45) is 22.8. The van der Waals surface area contributed by atoms with Gasteiger partial charge in [-0.15, -0.1) is 0 Å². The lowest BCUT2D eigenvalue weighted by molar-refractivity contribution is 0.223. The van der Waals surface area contributed by atoms with Gasteiger partial charge in [-0.05, 0) is 85.6 Å². The molecule has 0 heterocycles. The number of halogens is 1. The predicted octanol–water partition coefficient (Wildman–Crippen LogP) is 10.1. The van der Waals surface area contributed by atoms with Crippen LogP contribution < -0.4 is 0 Å². The molecule has 0 amide bonds. The van der Waals surface area contributed by atoms with E-state index < -0.39 is 0 Å². The summed E-state index contributed by atoms with van der Waals surface area (Å²) in [6, 6.07) is 10.6. The Balaban J connectivity index is 1.28. The first-order valence-electron chi connectivity index (χ1n) is 14.0. The number of fused-ring (bicyclic) bond motifs is 1. The Morgan fingerprint density at radius 1 is 0.818 bits per heavy atom. The minimum atomic E-state index is 0.0415. The van der Waals surface area contributed by atoms with Gasteiger partial charge in [-0.2, -0.15) is 0 Å². The van der Waals surface area contributed by atoms with Crippen molar-refractivity contribution in [3.05, 3.63) is 59.4 Å². The second-order valence-electron chi connectivity index (χ2n) is 11.1. The summed E-state index contributed by atoms with van der Waals surface area (Å²) in [5, 5.41) is 1.86. The molecule has 1 heteroatoms. The van der Waals surface area contributed by atoms with Crippen molar-refractivity contribution in [2.24, 2.45) is 17.8 Å². The lowest BCUT2D eigenvalue weighted by Crippen LogP contribution is -2.18. The van der Waals surface area contributed by atoms with E-state index in [1.165, 1.54) is 69.8 Å². The largest absolute Gasteiger partial charge is 0.206 e. The molecule has 0 aliphatic heterocycles. The Kier molecular flexibility index (Phi) is 9.04. The first kappa shape index (κ1) is 24.5. The molecule has 0 bridgehead atoms. The fourth-order valence-electron chi connectivity index (χ4n) is 6.70. The number of rotatable bonds is 9. The lowest BCUT2D eigenvalue weighted by atomic mass is 9.74. The molecule has 0 spiro atoms. The third kappa shape index (κ3) is 6.49. The second kappa shape index (κ2) is 12.2. The highest BCUT2D eigenvalue weighted by Gasteiger charge is 2.27. The van der Waals surface area contributed by atoms with Gasteiger partial charge < -0.3 is 0 Å². The molecule has 0 radical (unpaired) electrons. The molecule has 0 atom stereocenters. The number of aryl methyl sites for hydroxylation is 1. The molecule has 0 nitrogen and oxygen atoms in total. The highest BCUT2D eigenvalue weighted by molar-refractivity contribution is 5.84. The molecule has 0 unspecified atom stereocenters. The van der Waals surface area contributed by atoms with Crippen LogP contribution >= 0.6 is 0 Å².